The summed E-state index contributed by atoms with van der Waals surface area (Å²) >= 11 is 13.5. The summed E-state index contributed by atoms with van der Waals surface area (Å²) in [5.41, 5.74) is 4.82. The molecular formula is C23H17Cl2N3O3S. The Labute approximate surface area is 198 Å². The van der Waals surface area contributed by atoms with E-state index in [9.17, 15) is 4.79 Å². The summed E-state index contributed by atoms with van der Waals surface area (Å²) in [5.74, 6) is 0.0839. The smallest absolute Gasteiger partial charge is 0.345 e. The lowest BCUT2D eigenvalue weighted by atomic mass is 10.2. The number of hydrazone groups is 1. The molecule has 0 fully saturated rings. The molecule has 0 bridgehead atoms. The van der Waals surface area contributed by atoms with Gasteiger partial charge in [-0.25, -0.2) is 9.78 Å². The van der Waals surface area contributed by atoms with Crippen LogP contribution in [0.4, 0.5) is 5.13 Å². The van der Waals surface area contributed by atoms with Gasteiger partial charge in [0, 0.05) is 5.02 Å². The highest BCUT2D eigenvalue weighted by Crippen LogP contribution is 2.30. The number of para-hydroxylation sites is 1. The van der Waals surface area contributed by atoms with Crippen molar-refractivity contribution in [2.24, 2.45) is 5.10 Å². The van der Waals surface area contributed by atoms with Crippen molar-refractivity contribution in [1.29, 1.82) is 0 Å². The lowest BCUT2D eigenvalue weighted by molar-refractivity contribution is 0.0728. The molecule has 6 nitrogen and oxygen atoms in total. The number of rotatable bonds is 7. The fourth-order valence-corrected chi connectivity index (χ4v) is 4.15. The second-order valence-corrected chi connectivity index (χ2v) is 8.38. The molecule has 3 aromatic carbocycles. The number of aromatic nitrogens is 1. The maximum atomic E-state index is 12.5. The first-order valence-corrected chi connectivity index (χ1v) is 11.2. The lowest BCUT2D eigenvalue weighted by Crippen LogP contribution is -2.10. The number of fused-ring (bicyclic) bond motifs is 1. The molecule has 4 rings (SSSR count). The van der Waals surface area contributed by atoms with Gasteiger partial charge in [0.15, 0.2) is 11.5 Å². The minimum Gasteiger partial charge on any atom is -0.490 e. The molecule has 1 N–H and O–H groups in total. The normalized spacial score (nSPS) is 11.1. The first-order chi connectivity index (χ1) is 15.5. The number of nitrogens with one attached hydrogen (secondary N) is 1. The van der Waals surface area contributed by atoms with E-state index in [0.29, 0.717) is 22.5 Å². The molecular weight excluding hydrogens is 469 g/mol. The Morgan fingerprint density at radius 2 is 1.97 bits per heavy atom. The first kappa shape index (κ1) is 22.1. The number of benzene rings is 3. The van der Waals surface area contributed by atoms with E-state index in [0.717, 1.165) is 15.8 Å². The van der Waals surface area contributed by atoms with E-state index in [1.165, 1.54) is 23.5 Å². The average Bonchev–Trinajstić information content (AvgIpc) is 3.18. The van der Waals surface area contributed by atoms with E-state index < -0.39 is 5.97 Å². The standard InChI is InChI=1S/C23H17Cl2N3O3S/c1-2-30-20-11-14(13-26-28-23-27-18-5-3-4-6-21(18)32-23)7-10-19(20)31-22(29)16-9-8-15(24)12-17(16)25/h3-13H,2H2,1H3,(H,27,28)/b26-13-. The van der Waals surface area contributed by atoms with Gasteiger partial charge in [0.05, 0.1) is 33.6 Å². The molecule has 0 atom stereocenters. The molecule has 1 heterocycles. The highest BCUT2D eigenvalue weighted by molar-refractivity contribution is 7.22. The average molecular weight is 486 g/mol. The second-order valence-electron chi connectivity index (χ2n) is 6.51. The van der Waals surface area contributed by atoms with Gasteiger partial charge in [-0.1, -0.05) is 46.7 Å². The molecule has 0 aliphatic heterocycles. The SMILES string of the molecule is CCOc1cc(/C=N\Nc2nc3ccccc3s2)ccc1OC(=O)c1ccc(Cl)cc1Cl. The van der Waals surface area contributed by atoms with Crippen molar-refractivity contribution in [3.63, 3.8) is 0 Å². The van der Waals surface area contributed by atoms with Gasteiger partial charge in [-0.3, -0.25) is 5.43 Å². The molecule has 0 radical (unpaired) electrons. The Balaban J connectivity index is 1.49. The van der Waals surface area contributed by atoms with Gasteiger partial charge in [-0.05, 0) is 61.0 Å². The van der Waals surface area contributed by atoms with Gasteiger partial charge in [-0.2, -0.15) is 5.10 Å². The monoisotopic (exact) mass is 485 g/mol. The van der Waals surface area contributed by atoms with Crippen LogP contribution in [-0.2, 0) is 0 Å². The van der Waals surface area contributed by atoms with Crippen LogP contribution >= 0.6 is 34.5 Å². The van der Waals surface area contributed by atoms with Crippen molar-refractivity contribution in [2.45, 2.75) is 6.92 Å². The van der Waals surface area contributed by atoms with E-state index in [4.69, 9.17) is 32.7 Å². The first-order valence-electron chi connectivity index (χ1n) is 9.62. The van der Waals surface area contributed by atoms with Gasteiger partial charge in [0.25, 0.3) is 0 Å². The number of thiazole rings is 1. The molecule has 1 aromatic heterocycles. The van der Waals surface area contributed by atoms with Crippen LogP contribution < -0.4 is 14.9 Å². The van der Waals surface area contributed by atoms with Crippen molar-refractivity contribution in [1.82, 2.24) is 4.98 Å². The molecule has 0 unspecified atom stereocenters. The third-order valence-electron chi connectivity index (χ3n) is 4.29. The van der Waals surface area contributed by atoms with E-state index >= 15 is 0 Å². The Kier molecular flexibility index (Phi) is 6.90. The summed E-state index contributed by atoms with van der Waals surface area (Å²) < 4.78 is 12.2. The number of anilines is 1. The quantitative estimate of drug-likeness (QED) is 0.137. The number of ether oxygens (including phenoxy) is 2. The number of hydrogen-bond acceptors (Lipinski definition) is 7. The molecule has 32 heavy (non-hydrogen) atoms. The van der Waals surface area contributed by atoms with E-state index in [-0.39, 0.29) is 16.3 Å². The number of hydrogen-bond donors (Lipinski definition) is 1. The zero-order valence-electron chi connectivity index (χ0n) is 16.8. The molecule has 9 heteroatoms. The van der Waals surface area contributed by atoms with Gasteiger partial charge in [0.2, 0.25) is 5.13 Å². The maximum Gasteiger partial charge on any atom is 0.345 e. The van der Waals surface area contributed by atoms with Crippen LogP contribution in [0.1, 0.15) is 22.8 Å². The number of halogens is 2. The van der Waals surface area contributed by atoms with Crippen LogP contribution in [0.3, 0.4) is 0 Å². The van der Waals surface area contributed by atoms with Gasteiger partial charge >= 0.3 is 5.97 Å². The Bertz CT molecular complexity index is 1270. The van der Waals surface area contributed by atoms with Crippen molar-refractivity contribution >= 4 is 62.1 Å². The van der Waals surface area contributed by atoms with E-state index in [1.54, 1.807) is 30.5 Å². The molecule has 162 valence electrons. The maximum absolute atomic E-state index is 12.5. The highest BCUT2D eigenvalue weighted by atomic mass is 35.5. The van der Waals surface area contributed by atoms with Gasteiger partial charge < -0.3 is 9.47 Å². The molecule has 4 aromatic rings. The van der Waals surface area contributed by atoms with Crippen molar-refractivity contribution in [3.8, 4) is 11.5 Å². The fourth-order valence-electron chi connectivity index (χ4n) is 2.85. The van der Waals surface area contributed by atoms with Crippen LogP contribution in [0.2, 0.25) is 10.0 Å². The summed E-state index contributed by atoms with van der Waals surface area (Å²) in [6.45, 7) is 2.24. The zero-order chi connectivity index (χ0) is 22.5. The van der Waals surface area contributed by atoms with Crippen molar-refractivity contribution in [2.75, 3.05) is 12.0 Å². The molecule has 0 amide bonds. The van der Waals surface area contributed by atoms with Crippen LogP contribution in [0.5, 0.6) is 11.5 Å². The van der Waals surface area contributed by atoms with Crippen molar-refractivity contribution < 1.29 is 14.3 Å². The van der Waals surface area contributed by atoms with Crippen LogP contribution in [0.15, 0.2) is 65.8 Å². The van der Waals surface area contributed by atoms with Gasteiger partial charge in [-0.15, -0.1) is 0 Å². The van der Waals surface area contributed by atoms with E-state index in [1.807, 2.05) is 31.2 Å². The Hall–Kier alpha value is -3.13. The molecule has 0 saturated heterocycles. The highest BCUT2D eigenvalue weighted by Gasteiger charge is 2.16. The summed E-state index contributed by atoms with van der Waals surface area (Å²) in [7, 11) is 0. The topological polar surface area (TPSA) is 72.8 Å². The van der Waals surface area contributed by atoms with Gasteiger partial charge in [0.1, 0.15) is 0 Å². The second kappa shape index (κ2) is 9.99. The van der Waals surface area contributed by atoms with E-state index in [2.05, 4.69) is 15.5 Å². The van der Waals surface area contributed by atoms with Crippen LogP contribution in [0.25, 0.3) is 10.2 Å². The molecule has 0 aliphatic rings. The molecule has 0 aliphatic carbocycles. The van der Waals surface area contributed by atoms with Crippen LogP contribution in [0, 0.1) is 0 Å². The van der Waals surface area contributed by atoms with Crippen molar-refractivity contribution in [3.05, 3.63) is 81.8 Å². The summed E-state index contributed by atoms with van der Waals surface area (Å²) in [5, 5.41) is 5.59. The predicted molar refractivity (Wildman–Crippen MR) is 130 cm³/mol. The summed E-state index contributed by atoms with van der Waals surface area (Å²) in [4.78, 5) is 17.0. The summed E-state index contributed by atoms with van der Waals surface area (Å²) in [6.07, 6.45) is 1.64. The number of esters is 1. The zero-order valence-corrected chi connectivity index (χ0v) is 19.2. The van der Waals surface area contributed by atoms with Crippen LogP contribution in [-0.4, -0.2) is 23.8 Å². The molecule has 0 spiro atoms. The predicted octanol–water partition coefficient (Wildman–Crippen LogP) is 6.67. The minimum atomic E-state index is -0.605. The minimum absolute atomic E-state index is 0.212. The third kappa shape index (κ3) is 5.19. The summed E-state index contributed by atoms with van der Waals surface area (Å²) in [6, 6.07) is 17.6. The molecule has 0 saturated carbocycles. The fraction of sp³-hybridized carbons (Fsp3) is 0.0870. The Morgan fingerprint density at radius 3 is 2.75 bits per heavy atom. The number of carbonyl (C=O) groups is 1. The lowest BCUT2D eigenvalue weighted by Gasteiger charge is -2.12. The Morgan fingerprint density at radius 1 is 1.12 bits per heavy atom. The number of nitrogens with zero attached hydrogens (tertiary/aromatic N) is 2. The third-order valence-corrected chi connectivity index (χ3v) is 5.78. The number of carbonyl (C=O) groups excluding carboxylic acids is 1. The largest absolute Gasteiger partial charge is 0.490 e.